The Balaban J connectivity index is 1.93. The lowest BCUT2D eigenvalue weighted by Crippen LogP contribution is -2.48. The number of carbonyl (C=O) groups excluding carboxylic acids is 1. The Morgan fingerprint density at radius 3 is 2.85 bits per heavy atom. The third-order valence-electron chi connectivity index (χ3n) is 3.40. The summed E-state index contributed by atoms with van der Waals surface area (Å²) in [6, 6.07) is 6.73. The molecule has 6 heteroatoms. The summed E-state index contributed by atoms with van der Waals surface area (Å²) in [5, 5.41) is 14.5. The molecule has 1 heterocycles. The molecule has 0 aromatic heterocycles. The van der Waals surface area contributed by atoms with E-state index in [0.29, 0.717) is 17.4 Å². The molecule has 1 unspecified atom stereocenters. The van der Waals surface area contributed by atoms with Crippen LogP contribution in [0.5, 0.6) is 5.75 Å². The highest BCUT2D eigenvalue weighted by Gasteiger charge is 2.28. The highest BCUT2D eigenvalue weighted by molar-refractivity contribution is 5.92. The van der Waals surface area contributed by atoms with Crippen LogP contribution in [-0.2, 0) is 9.59 Å². The van der Waals surface area contributed by atoms with E-state index in [1.807, 2.05) is 6.92 Å². The van der Waals surface area contributed by atoms with Gasteiger partial charge in [0.2, 0.25) is 5.91 Å². The Labute approximate surface area is 117 Å². The van der Waals surface area contributed by atoms with Gasteiger partial charge in [-0.15, -0.1) is 0 Å². The van der Waals surface area contributed by atoms with Crippen molar-refractivity contribution in [2.75, 3.05) is 25.0 Å². The van der Waals surface area contributed by atoms with Crippen molar-refractivity contribution in [2.45, 2.75) is 6.92 Å². The number of carboxylic acids is 1. The molecule has 0 aliphatic carbocycles. The van der Waals surface area contributed by atoms with Crippen LogP contribution in [0, 0.1) is 11.8 Å². The molecule has 0 saturated carbocycles. The van der Waals surface area contributed by atoms with Gasteiger partial charge in [-0.25, -0.2) is 4.79 Å². The predicted octanol–water partition coefficient (Wildman–Crippen LogP) is 0.944. The standard InChI is InChI=1S/C14H18N2O4/c1-9(10-6-15-7-10)14(19)16-11-3-2-4-12(5-11)20-8-13(17)18/h2-5,9-10,15H,6-8H2,1H3,(H,16,19)(H,17,18). The fraction of sp³-hybridized carbons (Fsp3) is 0.429. The molecule has 1 aliphatic heterocycles. The zero-order valence-corrected chi connectivity index (χ0v) is 11.3. The fourth-order valence-corrected chi connectivity index (χ4v) is 1.94. The van der Waals surface area contributed by atoms with E-state index in [4.69, 9.17) is 9.84 Å². The van der Waals surface area contributed by atoms with Crippen LogP contribution in [0.25, 0.3) is 0 Å². The molecule has 1 atom stereocenters. The van der Waals surface area contributed by atoms with E-state index < -0.39 is 12.6 Å². The van der Waals surface area contributed by atoms with E-state index in [9.17, 15) is 9.59 Å². The van der Waals surface area contributed by atoms with Crippen LogP contribution in [0.2, 0.25) is 0 Å². The summed E-state index contributed by atoms with van der Waals surface area (Å²) in [6.07, 6.45) is 0. The van der Waals surface area contributed by atoms with Crippen LogP contribution in [0.15, 0.2) is 24.3 Å². The lowest BCUT2D eigenvalue weighted by Gasteiger charge is -2.31. The highest BCUT2D eigenvalue weighted by Crippen LogP contribution is 2.21. The van der Waals surface area contributed by atoms with Gasteiger partial charge in [0.05, 0.1) is 0 Å². The molecule has 3 N–H and O–H groups in total. The molecule has 6 nitrogen and oxygen atoms in total. The number of ether oxygens (including phenoxy) is 1. The third-order valence-corrected chi connectivity index (χ3v) is 3.40. The number of rotatable bonds is 6. The largest absolute Gasteiger partial charge is 0.482 e. The van der Waals surface area contributed by atoms with Gasteiger partial charge in [-0.3, -0.25) is 4.79 Å². The van der Waals surface area contributed by atoms with Crippen LogP contribution < -0.4 is 15.4 Å². The molecule has 1 aromatic carbocycles. The molecule has 2 rings (SSSR count). The second-order valence-corrected chi connectivity index (χ2v) is 4.91. The number of benzene rings is 1. The molecule has 0 radical (unpaired) electrons. The first-order chi connectivity index (χ1) is 9.56. The lowest BCUT2D eigenvalue weighted by atomic mass is 9.88. The second-order valence-electron chi connectivity index (χ2n) is 4.91. The number of carbonyl (C=O) groups is 2. The zero-order chi connectivity index (χ0) is 14.5. The number of nitrogens with one attached hydrogen (secondary N) is 2. The lowest BCUT2D eigenvalue weighted by molar-refractivity contribution is -0.139. The molecule has 0 spiro atoms. The van der Waals surface area contributed by atoms with Gasteiger partial charge in [0.15, 0.2) is 6.61 Å². The summed E-state index contributed by atoms with van der Waals surface area (Å²) in [7, 11) is 0. The Morgan fingerprint density at radius 1 is 1.50 bits per heavy atom. The van der Waals surface area contributed by atoms with Crippen molar-refractivity contribution >= 4 is 17.6 Å². The minimum atomic E-state index is -1.04. The maximum atomic E-state index is 12.1. The van der Waals surface area contributed by atoms with Gasteiger partial charge in [0.25, 0.3) is 0 Å². The van der Waals surface area contributed by atoms with Gasteiger partial charge in [-0.05, 0) is 31.1 Å². The monoisotopic (exact) mass is 278 g/mol. The van der Waals surface area contributed by atoms with Gasteiger partial charge >= 0.3 is 5.97 Å². The second kappa shape index (κ2) is 6.38. The van der Waals surface area contributed by atoms with E-state index in [1.54, 1.807) is 24.3 Å². The van der Waals surface area contributed by atoms with Gasteiger partial charge in [-0.1, -0.05) is 13.0 Å². The first-order valence-corrected chi connectivity index (χ1v) is 6.52. The van der Waals surface area contributed by atoms with Crippen molar-refractivity contribution in [3.8, 4) is 5.75 Å². The minimum Gasteiger partial charge on any atom is -0.482 e. The molecule has 108 valence electrons. The van der Waals surface area contributed by atoms with Crippen LogP contribution in [0.3, 0.4) is 0 Å². The van der Waals surface area contributed by atoms with Crippen molar-refractivity contribution in [3.63, 3.8) is 0 Å². The molecule has 0 bridgehead atoms. The van der Waals surface area contributed by atoms with E-state index in [-0.39, 0.29) is 11.8 Å². The zero-order valence-electron chi connectivity index (χ0n) is 11.3. The highest BCUT2D eigenvalue weighted by atomic mass is 16.5. The summed E-state index contributed by atoms with van der Waals surface area (Å²) in [5.41, 5.74) is 0.608. The maximum absolute atomic E-state index is 12.1. The van der Waals surface area contributed by atoms with Gasteiger partial charge < -0.3 is 20.5 Å². The Bertz CT molecular complexity index is 500. The van der Waals surface area contributed by atoms with E-state index in [2.05, 4.69) is 10.6 Å². The van der Waals surface area contributed by atoms with Gasteiger partial charge in [0.1, 0.15) is 5.75 Å². The van der Waals surface area contributed by atoms with E-state index in [0.717, 1.165) is 13.1 Å². The SMILES string of the molecule is CC(C(=O)Nc1cccc(OCC(=O)O)c1)C1CNC1. The number of aliphatic carboxylic acids is 1. The topological polar surface area (TPSA) is 87.7 Å². The number of anilines is 1. The Morgan fingerprint density at radius 2 is 2.25 bits per heavy atom. The van der Waals surface area contributed by atoms with Gasteiger partial charge in [0, 0.05) is 17.7 Å². The first kappa shape index (κ1) is 14.3. The van der Waals surface area contributed by atoms with Crippen molar-refractivity contribution in [2.24, 2.45) is 11.8 Å². The van der Waals surface area contributed by atoms with Crippen LogP contribution in [0.4, 0.5) is 5.69 Å². The molecule has 20 heavy (non-hydrogen) atoms. The van der Waals surface area contributed by atoms with Crippen molar-refractivity contribution < 1.29 is 19.4 Å². The maximum Gasteiger partial charge on any atom is 0.341 e. The predicted molar refractivity (Wildman–Crippen MR) is 73.7 cm³/mol. The third kappa shape index (κ3) is 3.71. The minimum absolute atomic E-state index is 0.0353. The number of amides is 1. The van der Waals surface area contributed by atoms with Crippen LogP contribution in [-0.4, -0.2) is 36.7 Å². The smallest absolute Gasteiger partial charge is 0.341 e. The van der Waals surface area contributed by atoms with E-state index >= 15 is 0 Å². The molecule has 1 fully saturated rings. The van der Waals surface area contributed by atoms with E-state index in [1.165, 1.54) is 0 Å². The Hall–Kier alpha value is -2.08. The summed E-state index contributed by atoms with van der Waals surface area (Å²) >= 11 is 0. The molecular weight excluding hydrogens is 260 g/mol. The number of hydrogen-bond donors (Lipinski definition) is 3. The summed E-state index contributed by atoms with van der Waals surface area (Å²) < 4.78 is 5.07. The van der Waals surface area contributed by atoms with Crippen molar-refractivity contribution in [1.82, 2.24) is 5.32 Å². The van der Waals surface area contributed by atoms with Crippen LogP contribution in [0.1, 0.15) is 6.92 Å². The average molecular weight is 278 g/mol. The number of carboxylic acid groups (broad SMARTS) is 1. The Kier molecular flexibility index (Phi) is 4.57. The van der Waals surface area contributed by atoms with Crippen LogP contribution >= 0.6 is 0 Å². The quantitative estimate of drug-likeness (QED) is 0.721. The number of hydrogen-bond acceptors (Lipinski definition) is 4. The molecular formula is C14H18N2O4. The first-order valence-electron chi connectivity index (χ1n) is 6.52. The normalized spacial score (nSPS) is 16.1. The summed E-state index contributed by atoms with van der Waals surface area (Å²) in [6.45, 7) is 3.25. The average Bonchev–Trinajstić information content (AvgIpc) is 2.34. The molecule has 1 saturated heterocycles. The molecule has 1 amide bonds. The molecule has 1 aliphatic rings. The summed E-state index contributed by atoms with van der Waals surface area (Å²) in [4.78, 5) is 22.5. The van der Waals surface area contributed by atoms with Gasteiger partial charge in [-0.2, -0.15) is 0 Å². The fourth-order valence-electron chi connectivity index (χ4n) is 1.94. The van der Waals surface area contributed by atoms with Crippen molar-refractivity contribution in [1.29, 1.82) is 0 Å². The molecule has 1 aromatic rings. The van der Waals surface area contributed by atoms with Crippen molar-refractivity contribution in [3.05, 3.63) is 24.3 Å². The summed E-state index contributed by atoms with van der Waals surface area (Å²) in [5.74, 6) is -0.332.